The number of amides is 1. The molecule has 1 amide bonds. The minimum absolute atomic E-state index is 0.212. The fourth-order valence-corrected chi connectivity index (χ4v) is 2.59. The molecule has 0 aliphatic heterocycles. The molecule has 0 saturated carbocycles. The van der Waals surface area contributed by atoms with Gasteiger partial charge in [0.05, 0.1) is 0 Å². The van der Waals surface area contributed by atoms with Gasteiger partial charge in [0.15, 0.2) is 11.6 Å². The van der Waals surface area contributed by atoms with Crippen LogP contribution in [0.4, 0.5) is 14.5 Å². The van der Waals surface area contributed by atoms with Crippen molar-refractivity contribution in [2.75, 3.05) is 16.8 Å². The van der Waals surface area contributed by atoms with Gasteiger partial charge in [-0.3, -0.25) is 4.79 Å². The van der Waals surface area contributed by atoms with E-state index in [1.807, 2.05) is 42.5 Å². The summed E-state index contributed by atoms with van der Waals surface area (Å²) in [4.78, 5) is 11.7. The summed E-state index contributed by atoms with van der Waals surface area (Å²) in [5, 5.41) is 2.55. The standard InChI is InChI=1S/C18H17F2NOS/c19-16-9-8-15(13-17(16)20)21-18(22)10-12-23-11-4-7-14-5-2-1-3-6-14/h1-9,13H,10-12H2,(H,21,22). The number of anilines is 1. The quantitative estimate of drug-likeness (QED) is 0.742. The summed E-state index contributed by atoms with van der Waals surface area (Å²) < 4.78 is 25.8. The van der Waals surface area contributed by atoms with Gasteiger partial charge in [-0.2, -0.15) is 11.8 Å². The fourth-order valence-electron chi connectivity index (χ4n) is 1.86. The van der Waals surface area contributed by atoms with Gasteiger partial charge in [-0.1, -0.05) is 42.5 Å². The highest BCUT2D eigenvalue weighted by molar-refractivity contribution is 7.99. The Balaban J connectivity index is 1.65. The number of hydrogen-bond donors (Lipinski definition) is 1. The largest absolute Gasteiger partial charge is 0.326 e. The van der Waals surface area contributed by atoms with Gasteiger partial charge in [0, 0.05) is 29.7 Å². The minimum atomic E-state index is -0.969. The SMILES string of the molecule is O=C(CCSCC=Cc1ccccc1)Nc1ccc(F)c(F)c1. The Morgan fingerprint density at radius 3 is 2.61 bits per heavy atom. The smallest absolute Gasteiger partial charge is 0.225 e. The van der Waals surface area contributed by atoms with Crippen LogP contribution in [0.2, 0.25) is 0 Å². The van der Waals surface area contributed by atoms with Gasteiger partial charge in [-0.15, -0.1) is 0 Å². The highest BCUT2D eigenvalue weighted by atomic mass is 32.2. The molecule has 1 N–H and O–H groups in total. The van der Waals surface area contributed by atoms with Gasteiger partial charge in [0.1, 0.15) is 0 Å². The Kier molecular flexibility index (Phi) is 6.81. The van der Waals surface area contributed by atoms with Crippen LogP contribution >= 0.6 is 11.8 Å². The molecule has 2 aromatic rings. The second-order valence-electron chi connectivity index (χ2n) is 4.82. The Labute approximate surface area is 138 Å². The van der Waals surface area contributed by atoms with Crippen molar-refractivity contribution in [3.05, 3.63) is 71.8 Å². The van der Waals surface area contributed by atoms with E-state index in [0.29, 0.717) is 12.2 Å². The molecule has 0 heterocycles. The predicted molar refractivity (Wildman–Crippen MR) is 92.4 cm³/mol. The average molecular weight is 333 g/mol. The molecule has 2 rings (SSSR count). The van der Waals surface area contributed by atoms with Gasteiger partial charge in [-0.25, -0.2) is 8.78 Å². The van der Waals surface area contributed by atoms with Crippen molar-refractivity contribution in [1.29, 1.82) is 0 Å². The van der Waals surface area contributed by atoms with E-state index in [4.69, 9.17) is 0 Å². The summed E-state index contributed by atoms with van der Waals surface area (Å²) in [6, 6.07) is 13.3. The van der Waals surface area contributed by atoms with E-state index in [2.05, 4.69) is 5.32 Å². The molecular weight excluding hydrogens is 316 g/mol. The third-order valence-electron chi connectivity index (χ3n) is 3.00. The molecule has 0 aromatic heterocycles. The molecule has 2 nitrogen and oxygen atoms in total. The number of carbonyl (C=O) groups excluding carboxylic acids is 1. The lowest BCUT2D eigenvalue weighted by Gasteiger charge is -2.05. The second kappa shape index (κ2) is 9.10. The fraction of sp³-hybridized carbons (Fsp3) is 0.167. The van der Waals surface area contributed by atoms with Crippen molar-refractivity contribution in [3.8, 4) is 0 Å². The first-order valence-corrected chi connectivity index (χ1v) is 8.35. The molecule has 0 fully saturated rings. The first-order chi connectivity index (χ1) is 11.1. The molecule has 5 heteroatoms. The molecule has 0 aliphatic carbocycles. The van der Waals surface area contributed by atoms with Crippen LogP contribution in [-0.2, 0) is 4.79 Å². The van der Waals surface area contributed by atoms with E-state index in [1.165, 1.54) is 6.07 Å². The molecule has 2 aromatic carbocycles. The summed E-state index contributed by atoms with van der Waals surface area (Å²) in [6.07, 6.45) is 4.41. The maximum Gasteiger partial charge on any atom is 0.225 e. The topological polar surface area (TPSA) is 29.1 Å². The summed E-state index contributed by atoms with van der Waals surface area (Å²) in [5.74, 6) is -0.635. The Bertz CT molecular complexity index is 674. The van der Waals surface area contributed by atoms with Crippen LogP contribution in [0.3, 0.4) is 0 Å². The molecule has 0 bridgehead atoms. The van der Waals surface area contributed by atoms with Gasteiger partial charge >= 0.3 is 0 Å². The van der Waals surface area contributed by atoms with Crippen molar-refractivity contribution in [2.45, 2.75) is 6.42 Å². The Hall–Kier alpha value is -2.14. The van der Waals surface area contributed by atoms with E-state index >= 15 is 0 Å². The predicted octanol–water partition coefficient (Wildman–Crippen LogP) is 4.74. The third kappa shape index (κ3) is 6.24. The molecule has 0 radical (unpaired) electrons. The molecule has 0 atom stereocenters. The number of benzene rings is 2. The van der Waals surface area contributed by atoms with Gasteiger partial charge in [0.2, 0.25) is 5.91 Å². The Morgan fingerprint density at radius 2 is 1.87 bits per heavy atom. The molecule has 120 valence electrons. The van der Waals surface area contributed by atoms with Gasteiger partial charge in [0.25, 0.3) is 0 Å². The molecule has 0 unspecified atom stereocenters. The van der Waals surface area contributed by atoms with E-state index in [9.17, 15) is 13.6 Å². The van der Waals surface area contributed by atoms with Crippen LogP contribution in [0, 0.1) is 11.6 Å². The van der Waals surface area contributed by atoms with E-state index in [-0.39, 0.29) is 11.6 Å². The van der Waals surface area contributed by atoms with E-state index in [1.54, 1.807) is 11.8 Å². The monoisotopic (exact) mass is 333 g/mol. The summed E-state index contributed by atoms with van der Waals surface area (Å²) in [7, 11) is 0. The zero-order valence-corrected chi connectivity index (χ0v) is 13.3. The van der Waals surface area contributed by atoms with Crippen molar-refractivity contribution in [2.24, 2.45) is 0 Å². The number of nitrogens with one attached hydrogen (secondary N) is 1. The maximum absolute atomic E-state index is 13.0. The molecule has 0 saturated heterocycles. The maximum atomic E-state index is 13.0. The normalized spacial score (nSPS) is 10.9. The van der Waals surface area contributed by atoms with Crippen LogP contribution in [0.25, 0.3) is 6.08 Å². The molecule has 0 aliphatic rings. The lowest BCUT2D eigenvalue weighted by Crippen LogP contribution is -2.12. The highest BCUT2D eigenvalue weighted by Gasteiger charge is 2.05. The molecule has 23 heavy (non-hydrogen) atoms. The third-order valence-corrected chi connectivity index (χ3v) is 3.92. The van der Waals surface area contributed by atoms with E-state index < -0.39 is 11.6 Å². The molecular formula is C18H17F2NOS. The van der Waals surface area contributed by atoms with Crippen molar-refractivity contribution in [1.82, 2.24) is 0 Å². The highest BCUT2D eigenvalue weighted by Crippen LogP contribution is 2.14. The van der Waals surface area contributed by atoms with Crippen molar-refractivity contribution < 1.29 is 13.6 Å². The summed E-state index contributed by atoms with van der Waals surface area (Å²) in [5.41, 5.74) is 1.41. The van der Waals surface area contributed by atoms with Crippen LogP contribution in [-0.4, -0.2) is 17.4 Å². The Morgan fingerprint density at radius 1 is 1.09 bits per heavy atom. The number of halogens is 2. The van der Waals surface area contributed by atoms with Gasteiger partial charge < -0.3 is 5.32 Å². The van der Waals surface area contributed by atoms with Gasteiger partial charge in [-0.05, 0) is 17.7 Å². The van der Waals surface area contributed by atoms with Crippen LogP contribution in [0.1, 0.15) is 12.0 Å². The zero-order chi connectivity index (χ0) is 16.5. The van der Waals surface area contributed by atoms with Crippen LogP contribution in [0.15, 0.2) is 54.6 Å². The lowest BCUT2D eigenvalue weighted by atomic mass is 10.2. The number of thioether (sulfide) groups is 1. The number of carbonyl (C=O) groups is 1. The van der Waals surface area contributed by atoms with E-state index in [0.717, 1.165) is 23.4 Å². The minimum Gasteiger partial charge on any atom is -0.326 e. The van der Waals surface area contributed by atoms with Crippen molar-refractivity contribution in [3.63, 3.8) is 0 Å². The number of hydrogen-bond acceptors (Lipinski definition) is 2. The van der Waals surface area contributed by atoms with Crippen LogP contribution < -0.4 is 5.32 Å². The first kappa shape index (κ1) is 17.2. The number of rotatable bonds is 7. The second-order valence-corrected chi connectivity index (χ2v) is 5.96. The van der Waals surface area contributed by atoms with Crippen molar-refractivity contribution >= 4 is 29.4 Å². The molecule has 0 spiro atoms. The first-order valence-electron chi connectivity index (χ1n) is 7.19. The zero-order valence-electron chi connectivity index (χ0n) is 12.5. The summed E-state index contributed by atoms with van der Waals surface area (Å²) in [6.45, 7) is 0. The summed E-state index contributed by atoms with van der Waals surface area (Å²) >= 11 is 1.64. The average Bonchev–Trinajstić information content (AvgIpc) is 2.55. The lowest BCUT2D eigenvalue weighted by molar-refractivity contribution is -0.115. The van der Waals surface area contributed by atoms with Crippen LogP contribution in [0.5, 0.6) is 0 Å².